The molecule has 0 amide bonds. The summed E-state index contributed by atoms with van der Waals surface area (Å²) in [6.45, 7) is 5.00. The highest BCUT2D eigenvalue weighted by Gasteiger charge is 2.31. The summed E-state index contributed by atoms with van der Waals surface area (Å²) in [5, 5.41) is 4.40. The molecule has 2 N–H and O–H groups in total. The molecule has 124 valence electrons. The van der Waals surface area contributed by atoms with Crippen molar-refractivity contribution in [3.8, 4) is 0 Å². The summed E-state index contributed by atoms with van der Waals surface area (Å²) in [7, 11) is 0. The zero-order valence-corrected chi connectivity index (χ0v) is 14.4. The van der Waals surface area contributed by atoms with E-state index in [0.29, 0.717) is 18.3 Å². The van der Waals surface area contributed by atoms with Crippen LogP contribution >= 0.6 is 11.3 Å². The van der Waals surface area contributed by atoms with Crippen molar-refractivity contribution in [2.45, 2.75) is 26.1 Å². The number of benzene rings is 1. The molecule has 0 saturated heterocycles. The van der Waals surface area contributed by atoms with Crippen LogP contribution in [0.5, 0.6) is 0 Å². The van der Waals surface area contributed by atoms with Crippen molar-refractivity contribution >= 4 is 32.7 Å². The number of aromatic nitrogens is 2. The van der Waals surface area contributed by atoms with Crippen LogP contribution in [0.25, 0.3) is 10.1 Å². The number of carbonyl (C=O) groups is 1. The maximum absolute atomic E-state index is 11.0. The monoisotopic (exact) mass is 341 g/mol. The average molecular weight is 341 g/mol. The first kappa shape index (κ1) is 15.2. The summed E-state index contributed by atoms with van der Waals surface area (Å²) < 4.78 is 3.20. The van der Waals surface area contributed by atoms with Crippen LogP contribution < -0.4 is 15.6 Å². The SMILES string of the molecule is CC(C)N1CN(c2cc3cc(C=O)ccc3s2)C(N)c2cncn21. The van der Waals surface area contributed by atoms with Crippen molar-refractivity contribution in [1.29, 1.82) is 0 Å². The standard InChI is InChI=1S/C17H19N5OS/c1-11(2)22-10-20(17(18)14-7-19-9-21(14)22)16-6-13-5-12(8-23)3-4-15(13)24-16/h3-9,11,17H,10,18H2,1-2H3. The number of anilines is 1. The van der Waals surface area contributed by atoms with Crippen LogP contribution in [-0.2, 0) is 0 Å². The third-order valence-electron chi connectivity index (χ3n) is 4.40. The fourth-order valence-corrected chi connectivity index (χ4v) is 4.15. The number of rotatable bonds is 3. The highest BCUT2D eigenvalue weighted by molar-refractivity contribution is 7.22. The smallest absolute Gasteiger partial charge is 0.150 e. The third-order valence-corrected chi connectivity index (χ3v) is 5.56. The van der Waals surface area contributed by atoms with Gasteiger partial charge in [-0.05, 0) is 37.4 Å². The number of imidazole rings is 1. The van der Waals surface area contributed by atoms with Gasteiger partial charge in [-0.15, -0.1) is 11.3 Å². The molecule has 0 radical (unpaired) electrons. The molecule has 0 fully saturated rings. The Labute approximate surface area is 144 Å². The molecule has 0 saturated carbocycles. The van der Waals surface area contributed by atoms with Gasteiger partial charge in [-0.25, -0.2) is 9.66 Å². The molecule has 6 nitrogen and oxygen atoms in total. The van der Waals surface area contributed by atoms with Crippen LogP contribution in [0.3, 0.4) is 0 Å². The van der Waals surface area contributed by atoms with Gasteiger partial charge in [0.15, 0.2) is 0 Å². The van der Waals surface area contributed by atoms with Gasteiger partial charge in [0.2, 0.25) is 0 Å². The molecular weight excluding hydrogens is 322 g/mol. The van der Waals surface area contributed by atoms with Crippen molar-refractivity contribution in [3.63, 3.8) is 0 Å². The molecule has 0 spiro atoms. The predicted molar refractivity (Wildman–Crippen MR) is 97.1 cm³/mol. The first-order chi connectivity index (χ1) is 11.6. The van der Waals surface area contributed by atoms with Gasteiger partial charge in [-0.2, -0.15) is 0 Å². The Bertz CT molecular complexity index is 899. The molecule has 3 aromatic rings. The number of aldehydes is 1. The Morgan fingerprint density at radius 3 is 2.96 bits per heavy atom. The van der Waals surface area contributed by atoms with E-state index >= 15 is 0 Å². The van der Waals surface area contributed by atoms with Gasteiger partial charge in [0.1, 0.15) is 25.4 Å². The maximum Gasteiger partial charge on any atom is 0.150 e. The number of nitrogens with zero attached hydrogens (tertiary/aromatic N) is 4. The van der Waals surface area contributed by atoms with E-state index in [4.69, 9.17) is 5.73 Å². The molecule has 1 aromatic carbocycles. The lowest BCUT2D eigenvalue weighted by Crippen LogP contribution is -2.56. The minimum atomic E-state index is -0.249. The minimum Gasteiger partial charge on any atom is -0.323 e. The van der Waals surface area contributed by atoms with E-state index in [-0.39, 0.29) is 6.17 Å². The average Bonchev–Trinajstić information content (AvgIpc) is 3.21. The fourth-order valence-electron chi connectivity index (χ4n) is 3.08. The maximum atomic E-state index is 11.0. The van der Waals surface area contributed by atoms with E-state index in [9.17, 15) is 4.79 Å². The van der Waals surface area contributed by atoms with E-state index < -0.39 is 0 Å². The highest BCUT2D eigenvalue weighted by atomic mass is 32.1. The molecule has 24 heavy (non-hydrogen) atoms. The molecule has 7 heteroatoms. The second-order valence-electron chi connectivity index (χ2n) is 6.25. The number of hydrogen-bond acceptors (Lipinski definition) is 6. The minimum absolute atomic E-state index is 0.249. The van der Waals surface area contributed by atoms with Gasteiger partial charge in [-0.1, -0.05) is 6.07 Å². The van der Waals surface area contributed by atoms with Crippen molar-refractivity contribution in [2.75, 3.05) is 16.6 Å². The largest absolute Gasteiger partial charge is 0.323 e. The van der Waals surface area contributed by atoms with E-state index in [1.807, 2.05) is 35.4 Å². The van der Waals surface area contributed by atoms with Gasteiger partial charge in [0, 0.05) is 16.3 Å². The fraction of sp³-hybridized carbons (Fsp3) is 0.294. The lowest BCUT2D eigenvalue weighted by atomic mass is 10.2. The first-order valence-electron chi connectivity index (χ1n) is 7.88. The second-order valence-corrected chi connectivity index (χ2v) is 7.31. The molecule has 1 aliphatic rings. The lowest BCUT2D eigenvalue weighted by molar-refractivity contribution is 0.112. The summed E-state index contributed by atoms with van der Waals surface area (Å²) in [5.74, 6) is 0. The van der Waals surface area contributed by atoms with E-state index in [2.05, 4.69) is 34.8 Å². The molecule has 2 aromatic heterocycles. The van der Waals surface area contributed by atoms with Crippen LogP contribution in [0.15, 0.2) is 36.8 Å². The van der Waals surface area contributed by atoms with E-state index in [1.165, 1.54) is 0 Å². The summed E-state index contributed by atoms with van der Waals surface area (Å²) in [5.41, 5.74) is 8.16. The van der Waals surface area contributed by atoms with Gasteiger partial charge >= 0.3 is 0 Å². The highest BCUT2D eigenvalue weighted by Crippen LogP contribution is 2.37. The van der Waals surface area contributed by atoms with E-state index in [0.717, 1.165) is 27.1 Å². The van der Waals surface area contributed by atoms with Crippen molar-refractivity contribution in [3.05, 3.63) is 48.0 Å². The number of fused-ring (bicyclic) bond motifs is 2. The van der Waals surface area contributed by atoms with Crippen LogP contribution in [0.2, 0.25) is 0 Å². The van der Waals surface area contributed by atoms with Crippen LogP contribution in [0, 0.1) is 0 Å². The summed E-state index contributed by atoms with van der Waals surface area (Å²) >= 11 is 1.69. The predicted octanol–water partition coefficient (Wildman–Crippen LogP) is 2.69. The molecule has 0 aliphatic carbocycles. The Morgan fingerprint density at radius 2 is 2.21 bits per heavy atom. The van der Waals surface area contributed by atoms with Gasteiger partial charge in [0.05, 0.1) is 16.9 Å². The van der Waals surface area contributed by atoms with Gasteiger partial charge < -0.3 is 10.6 Å². The van der Waals surface area contributed by atoms with E-state index in [1.54, 1.807) is 11.3 Å². The normalized spacial score (nSPS) is 17.6. The molecule has 0 bridgehead atoms. The Balaban J connectivity index is 1.77. The zero-order valence-electron chi connectivity index (χ0n) is 13.6. The quantitative estimate of drug-likeness (QED) is 0.742. The molecular formula is C17H19N5OS. The van der Waals surface area contributed by atoms with Crippen molar-refractivity contribution in [1.82, 2.24) is 9.66 Å². The van der Waals surface area contributed by atoms with Crippen molar-refractivity contribution in [2.24, 2.45) is 5.73 Å². The van der Waals surface area contributed by atoms with Crippen LogP contribution in [0.4, 0.5) is 5.00 Å². The second kappa shape index (κ2) is 5.61. The Hall–Kier alpha value is -2.38. The number of thiophene rings is 1. The molecule has 1 aliphatic heterocycles. The molecule has 4 rings (SSSR count). The number of carbonyl (C=O) groups excluding carboxylic acids is 1. The van der Waals surface area contributed by atoms with Crippen LogP contribution in [-0.4, -0.2) is 28.7 Å². The molecule has 1 unspecified atom stereocenters. The lowest BCUT2D eigenvalue weighted by Gasteiger charge is -2.44. The topological polar surface area (TPSA) is 67.4 Å². The zero-order chi connectivity index (χ0) is 16.8. The summed E-state index contributed by atoms with van der Waals surface area (Å²) in [4.78, 5) is 17.4. The third kappa shape index (κ3) is 2.28. The van der Waals surface area contributed by atoms with Gasteiger partial charge in [-0.3, -0.25) is 9.80 Å². The summed E-state index contributed by atoms with van der Waals surface area (Å²) in [6.07, 6.45) is 4.27. The Morgan fingerprint density at radius 1 is 1.38 bits per heavy atom. The number of hydrogen-bond donors (Lipinski definition) is 1. The molecule has 1 atom stereocenters. The molecule has 3 heterocycles. The van der Waals surface area contributed by atoms with Crippen molar-refractivity contribution < 1.29 is 4.79 Å². The van der Waals surface area contributed by atoms with Gasteiger partial charge in [0.25, 0.3) is 0 Å². The first-order valence-corrected chi connectivity index (χ1v) is 8.70. The number of nitrogens with two attached hydrogens (primary N) is 1. The van der Waals surface area contributed by atoms with Crippen LogP contribution in [0.1, 0.15) is 36.1 Å². The Kier molecular flexibility index (Phi) is 3.54. The summed E-state index contributed by atoms with van der Waals surface area (Å²) in [6, 6.07) is 8.19.